The fourth-order valence-electron chi connectivity index (χ4n) is 7.84. The molecule has 2 fully saturated rings. The number of aliphatic hydroxyl groups is 1. The van der Waals surface area contributed by atoms with Crippen LogP contribution in [0.2, 0.25) is 0 Å². The van der Waals surface area contributed by atoms with Crippen molar-refractivity contribution in [3.63, 3.8) is 0 Å². The van der Waals surface area contributed by atoms with Crippen molar-refractivity contribution in [3.8, 4) is 33.8 Å². The van der Waals surface area contributed by atoms with E-state index in [0.29, 0.717) is 42.5 Å². The molecule has 0 saturated carbocycles. The Labute approximate surface area is 341 Å². The van der Waals surface area contributed by atoms with Crippen LogP contribution in [0.1, 0.15) is 77.1 Å². The molecule has 3 aromatic heterocycles. The first kappa shape index (κ1) is 40.8. The second-order valence-electron chi connectivity index (χ2n) is 15.9. The molecule has 17 nitrogen and oxygen atoms in total. The predicted octanol–water partition coefficient (Wildman–Crippen LogP) is 5.28. The van der Waals surface area contributed by atoms with Crippen LogP contribution in [0.5, 0.6) is 0 Å². The Kier molecular flexibility index (Phi) is 11.7. The lowest BCUT2D eigenvalue weighted by Crippen LogP contribution is -2.58. The molecular weight excluding hydrogens is 757 g/mol. The summed E-state index contributed by atoms with van der Waals surface area (Å²) in [6.07, 6.45) is 6.80. The number of carbonyl (C=O) groups excluding carboxylic acids is 4. The van der Waals surface area contributed by atoms with Crippen LogP contribution in [0.25, 0.3) is 44.8 Å². The van der Waals surface area contributed by atoms with Gasteiger partial charge in [0.1, 0.15) is 23.7 Å². The summed E-state index contributed by atoms with van der Waals surface area (Å²) < 4.78 is 9.44. The maximum atomic E-state index is 13.6. The molecule has 2 aliphatic rings. The van der Waals surface area contributed by atoms with Crippen molar-refractivity contribution in [1.29, 1.82) is 0 Å². The van der Waals surface area contributed by atoms with Gasteiger partial charge in [-0.15, -0.1) is 0 Å². The van der Waals surface area contributed by atoms with E-state index in [4.69, 9.17) is 24.4 Å². The molecule has 2 aromatic carbocycles. The molecule has 5 heterocycles. The number of hydrogen-bond donors (Lipinski definition) is 5. The van der Waals surface area contributed by atoms with Gasteiger partial charge in [0.15, 0.2) is 0 Å². The first-order valence-corrected chi connectivity index (χ1v) is 19.8. The Hall–Kier alpha value is -6.36. The molecule has 0 radical (unpaired) electrons. The third kappa shape index (κ3) is 8.60. The summed E-state index contributed by atoms with van der Waals surface area (Å²) in [6, 6.07) is 11.2. The van der Waals surface area contributed by atoms with Crippen molar-refractivity contribution in [3.05, 3.63) is 72.7 Å². The maximum absolute atomic E-state index is 13.6. The second-order valence-corrected chi connectivity index (χ2v) is 15.9. The van der Waals surface area contributed by atoms with E-state index < -0.39 is 35.8 Å². The standard InChI is InChI=1S/C42H50N10O7/c1-23(2)34(49-40(55)58-5)38(53)51-17-7-9-32(51)36-45-22-31(48-36)25-13-11-24(12-14-25)29-20-44-30(21-43-29)26-15-16-27-28(19-26)47-37(46-27)33-10-8-18-52(33)39(54)35(42(3,4)57)50-41(56)59-6/h11-16,19-23,32-35,57H,7-10,17-18H2,1-6H3,(H,45,48)(H,46,47)(H,49,55)(H,50,56). The Morgan fingerprint density at radius 2 is 1.34 bits per heavy atom. The number of imidazole rings is 2. The monoisotopic (exact) mass is 806 g/mol. The lowest BCUT2D eigenvalue weighted by atomic mass is 9.97. The number of methoxy groups -OCH3 is 2. The van der Waals surface area contributed by atoms with Gasteiger partial charge < -0.3 is 45.0 Å². The topological polar surface area (TPSA) is 221 Å². The average molecular weight is 807 g/mol. The van der Waals surface area contributed by atoms with Crippen LogP contribution in [-0.4, -0.2) is 114 Å². The van der Waals surface area contributed by atoms with Gasteiger partial charge in [-0.1, -0.05) is 44.2 Å². The molecule has 2 aliphatic heterocycles. The zero-order valence-corrected chi connectivity index (χ0v) is 34.0. The van der Waals surface area contributed by atoms with Gasteiger partial charge in [-0.25, -0.2) is 19.6 Å². The van der Waals surface area contributed by atoms with Crippen molar-refractivity contribution in [1.82, 2.24) is 50.3 Å². The van der Waals surface area contributed by atoms with Gasteiger partial charge in [0.2, 0.25) is 11.8 Å². The van der Waals surface area contributed by atoms with Crippen molar-refractivity contribution >= 4 is 35.0 Å². The second kappa shape index (κ2) is 16.9. The van der Waals surface area contributed by atoms with E-state index in [9.17, 15) is 24.3 Å². The van der Waals surface area contributed by atoms with Crippen molar-refractivity contribution in [2.45, 2.75) is 83.1 Å². The summed E-state index contributed by atoms with van der Waals surface area (Å²) in [6.45, 7) is 7.75. The van der Waals surface area contributed by atoms with Crippen LogP contribution in [-0.2, 0) is 19.1 Å². The average Bonchev–Trinajstić information content (AvgIpc) is 4.07. The van der Waals surface area contributed by atoms with Crippen molar-refractivity contribution < 1.29 is 33.8 Å². The number of amides is 4. The summed E-state index contributed by atoms with van der Waals surface area (Å²) in [5, 5.41) is 15.9. The summed E-state index contributed by atoms with van der Waals surface area (Å²) in [4.78, 5) is 80.3. The largest absolute Gasteiger partial charge is 0.453 e. The highest BCUT2D eigenvalue weighted by Crippen LogP contribution is 2.35. The van der Waals surface area contributed by atoms with Crippen molar-refractivity contribution in [2.24, 2.45) is 5.92 Å². The van der Waals surface area contributed by atoms with Crippen LogP contribution >= 0.6 is 0 Å². The Morgan fingerprint density at radius 1 is 0.763 bits per heavy atom. The van der Waals surface area contributed by atoms with Gasteiger partial charge in [-0.05, 0) is 63.1 Å². The number of aromatic amines is 2. The fraction of sp³-hybridized carbons (Fsp3) is 0.429. The SMILES string of the molecule is COC(=O)NC(C(=O)N1CCCC1c1ncc(-c2ccc(-c3cnc(-c4ccc5nc(C6CCCN6C(=O)C(NC(=O)OC)C(C)(C)O)[nH]c5c4)cn3)cc2)[nH]1)C(C)C. The summed E-state index contributed by atoms with van der Waals surface area (Å²) >= 11 is 0. The molecule has 17 heteroatoms. The van der Waals surface area contributed by atoms with Gasteiger partial charge in [-0.3, -0.25) is 19.6 Å². The lowest BCUT2D eigenvalue weighted by Gasteiger charge is -2.34. The molecule has 4 atom stereocenters. The summed E-state index contributed by atoms with van der Waals surface area (Å²) in [5.41, 5.74) is 4.81. The molecular formula is C42H50N10O7. The fourth-order valence-corrected chi connectivity index (χ4v) is 7.84. The normalized spacial score (nSPS) is 17.9. The number of nitrogens with one attached hydrogen (secondary N) is 4. The third-order valence-electron chi connectivity index (χ3n) is 11.0. The van der Waals surface area contributed by atoms with Crippen LogP contribution in [0.3, 0.4) is 0 Å². The highest BCUT2D eigenvalue weighted by molar-refractivity contribution is 5.88. The predicted molar refractivity (Wildman–Crippen MR) is 217 cm³/mol. The number of rotatable bonds is 11. The Balaban J connectivity index is 1.02. The molecule has 5 aromatic rings. The molecule has 0 bridgehead atoms. The van der Waals surface area contributed by atoms with E-state index in [-0.39, 0.29) is 23.9 Å². The molecule has 59 heavy (non-hydrogen) atoms. The van der Waals surface area contributed by atoms with E-state index in [2.05, 4.69) is 25.6 Å². The lowest BCUT2D eigenvalue weighted by molar-refractivity contribution is -0.140. The minimum Gasteiger partial charge on any atom is -0.453 e. The number of fused-ring (bicyclic) bond motifs is 1. The van der Waals surface area contributed by atoms with E-state index in [1.807, 2.05) is 56.3 Å². The van der Waals surface area contributed by atoms with E-state index in [1.165, 1.54) is 28.1 Å². The number of alkyl carbamates (subject to hydrolysis) is 2. The number of H-pyrrole nitrogens is 2. The van der Waals surface area contributed by atoms with Crippen LogP contribution in [0.15, 0.2) is 61.1 Å². The number of carbonyl (C=O) groups is 4. The van der Waals surface area contributed by atoms with E-state index >= 15 is 0 Å². The third-order valence-corrected chi connectivity index (χ3v) is 11.0. The number of ether oxygens (including phenoxy) is 2. The maximum Gasteiger partial charge on any atom is 0.407 e. The van der Waals surface area contributed by atoms with Crippen molar-refractivity contribution in [2.75, 3.05) is 27.3 Å². The van der Waals surface area contributed by atoms with Crippen LogP contribution in [0, 0.1) is 5.92 Å². The number of likely N-dealkylation sites (tertiary alicyclic amines) is 2. The van der Waals surface area contributed by atoms with E-state index in [1.54, 1.807) is 28.4 Å². The summed E-state index contributed by atoms with van der Waals surface area (Å²) in [7, 11) is 2.49. The van der Waals surface area contributed by atoms with Gasteiger partial charge >= 0.3 is 12.2 Å². The molecule has 5 N–H and O–H groups in total. The smallest absolute Gasteiger partial charge is 0.407 e. The molecule has 2 saturated heterocycles. The number of nitrogens with zero attached hydrogens (tertiary/aromatic N) is 6. The van der Waals surface area contributed by atoms with Gasteiger partial charge in [-0.2, -0.15) is 0 Å². The number of benzene rings is 2. The molecule has 4 unspecified atom stereocenters. The van der Waals surface area contributed by atoms with Gasteiger partial charge in [0, 0.05) is 24.2 Å². The molecule has 0 spiro atoms. The first-order chi connectivity index (χ1) is 28.2. The molecule has 4 amide bonds. The number of aromatic nitrogens is 6. The number of hydrogen-bond acceptors (Lipinski definition) is 11. The van der Waals surface area contributed by atoms with Crippen LogP contribution in [0.4, 0.5) is 9.59 Å². The minimum atomic E-state index is -1.53. The first-order valence-electron chi connectivity index (χ1n) is 19.8. The van der Waals surface area contributed by atoms with Crippen LogP contribution < -0.4 is 10.6 Å². The van der Waals surface area contributed by atoms with Gasteiger partial charge in [0.05, 0.1) is 78.6 Å². The molecule has 0 aliphatic carbocycles. The highest BCUT2D eigenvalue weighted by Gasteiger charge is 2.42. The zero-order valence-electron chi connectivity index (χ0n) is 34.0. The quantitative estimate of drug-likeness (QED) is 0.116. The summed E-state index contributed by atoms with van der Waals surface area (Å²) in [5.74, 6) is 0.622. The molecule has 7 rings (SSSR count). The Morgan fingerprint density at radius 3 is 1.95 bits per heavy atom. The highest BCUT2D eigenvalue weighted by atomic mass is 16.5. The van der Waals surface area contributed by atoms with Gasteiger partial charge in [0.25, 0.3) is 0 Å². The molecule has 310 valence electrons. The Bertz CT molecular complexity index is 2320. The minimum absolute atomic E-state index is 0.119. The zero-order chi connectivity index (χ0) is 42.0. The van der Waals surface area contributed by atoms with E-state index in [0.717, 1.165) is 52.7 Å².